The maximum absolute atomic E-state index is 6.87. The van der Waals surface area contributed by atoms with Gasteiger partial charge in [-0.3, -0.25) is 9.97 Å². The van der Waals surface area contributed by atoms with Gasteiger partial charge in [-0.2, -0.15) is 0 Å². The number of fused-ring (bicyclic) bond motifs is 13. The van der Waals surface area contributed by atoms with Crippen LogP contribution in [0.25, 0.3) is 98.9 Å². The van der Waals surface area contributed by atoms with Gasteiger partial charge in [0.2, 0.25) is 0 Å². The van der Waals surface area contributed by atoms with Crippen molar-refractivity contribution in [1.29, 1.82) is 0 Å². The lowest BCUT2D eigenvalue weighted by atomic mass is 9.81. The average Bonchev–Trinajstić information content (AvgIpc) is 3.66. The highest BCUT2D eigenvalue weighted by molar-refractivity contribution is 6.31. The standard InChI is InChI=1S/C46H29N3O/c1-46(2)36-16-6-3-12-28(36)29-20-19-27(24-37(29)46)42-35-25-34(33-23-26-11-9-21-47-43(26)44-30(33)15-10-22-48-44)45-41(32-14-5-8-18-39(32)50-45)40(35)31-13-4-7-17-38(31)49-42/h3-25H,1-2H3. The molecule has 0 saturated heterocycles. The van der Waals surface area contributed by atoms with Crippen LogP contribution in [0.3, 0.4) is 0 Å². The largest absolute Gasteiger partial charge is 0.455 e. The first kappa shape index (κ1) is 27.5. The van der Waals surface area contributed by atoms with Crippen LogP contribution in [0.1, 0.15) is 25.0 Å². The summed E-state index contributed by atoms with van der Waals surface area (Å²) in [7, 11) is 0. The molecular formula is C46H29N3O. The van der Waals surface area contributed by atoms with Crippen LogP contribution in [0.4, 0.5) is 0 Å². The fraction of sp³-hybridized carbons (Fsp3) is 0.0652. The average molecular weight is 640 g/mol. The van der Waals surface area contributed by atoms with Crippen LogP contribution < -0.4 is 0 Å². The molecule has 4 aromatic heterocycles. The molecule has 0 fully saturated rings. The Morgan fingerprint density at radius 3 is 2.18 bits per heavy atom. The number of para-hydroxylation sites is 2. The molecule has 1 aliphatic carbocycles. The van der Waals surface area contributed by atoms with Crippen LogP contribution in [0, 0.1) is 0 Å². The molecule has 0 N–H and O–H groups in total. The minimum absolute atomic E-state index is 0.126. The molecule has 234 valence electrons. The molecule has 50 heavy (non-hydrogen) atoms. The normalized spacial score (nSPS) is 13.6. The zero-order chi connectivity index (χ0) is 33.1. The molecule has 0 aliphatic heterocycles. The molecule has 0 spiro atoms. The van der Waals surface area contributed by atoms with E-state index in [2.05, 4.69) is 123 Å². The Balaban J connectivity index is 1.32. The van der Waals surface area contributed by atoms with Crippen molar-refractivity contribution >= 4 is 65.4 Å². The van der Waals surface area contributed by atoms with Crippen LogP contribution in [0.15, 0.2) is 144 Å². The second-order valence-electron chi connectivity index (χ2n) is 14.0. The monoisotopic (exact) mass is 639 g/mol. The summed E-state index contributed by atoms with van der Waals surface area (Å²) in [6, 6.07) is 45.4. The predicted octanol–water partition coefficient (Wildman–Crippen LogP) is 12.0. The van der Waals surface area contributed by atoms with E-state index in [9.17, 15) is 0 Å². The number of pyridine rings is 3. The van der Waals surface area contributed by atoms with Crippen molar-refractivity contribution in [2.75, 3.05) is 0 Å². The Morgan fingerprint density at radius 1 is 0.520 bits per heavy atom. The summed E-state index contributed by atoms with van der Waals surface area (Å²) in [5.41, 5.74) is 13.8. The molecule has 0 amide bonds. The quantitative estimate of drug-likeness (QED) is 0.177. The van der Waals surface area contributed by atoms with E-state index in [1.807, 2.05) is 30.6 Å². The van der Waals surface area contributed by atoms with Crippen LogP contribution in [0.2, 0.25) is 0 Å². The van der Waals surface area contributed by atoms with E-state index in [4.69, 9.17) is 19.4 Å². The van der Waals surface area contributed by atoms with Crippen molar-refractivity contribution in [2.45, 2.75) is 19.3 Å². The van der Waals surface area contributed by atoms with Gasteiger partial charge in [0.1, 0.15) is 11.2 Å². The molecule has 11 rings (SSSR count). The van der Waals surface area contributed by atoms with Gasteiger partial charge in [-0.1, -0.05) is 98.8 Å². The summed E-state index contributed by atoms with van der Waals surface area (Å²) in [6.45, 7) is 4.67. The Morgan fingerprint density at radius 2 is 1.26 bits per heavy atom. The van der Waals surface area contributed by atoms with Crippen molar-refractivity contribution in [2.24, 2.45) is 0 Å². The second kappa shape index (κ2) is 9.83. The molecule has 4 heteroatoms. The number of aromatic nitrogens is 3. The number of benzene rings is 6. The van der Waals surface area contributed by atoms with Crippen molar-refractivity contribution in [1.82, 2.24) is 15.0 Å². The fourth-order valence-corrected chi connectivity index (χ4v) is 8.60. The Bertz CT molecular complexity index is 3080. The van der Waals surface area contributed by atoms with E-state index in [0.29, 0.717) is 0 Å². The summed E-state index contributed by atoms with van der Waals surface area (Å²) in [5, 5.41) is 7.62. The van der Waals surface area contributed by atoms with Crippen molar-refractivity contribution in [3.05, 3.63) is 151 Å². The molecule has 4 nitrogen and oxygen atoms in total. The van der Waals surface area contributed by atoms with E-state index in [1.54, 1.807) is 0 Å². The smallest absolute Gasteiger partial charge is 0.143 e. The Kier molecular flexibility index (Phi) is 5.42. The van der Waals surface area contributed by atoms with E-state index in [1.165, 1.54) is 22.3 Å². The van der Waals surface area contributed by atoms with Crippen LogP contribution >= 0.6 is 0 Å². The third-order valence-electron chi connectivity index (χ3n) is 10.9. The second-order valence-corrected chi connectivity index (χ2v) is 14.0. The molecular weight excluding hydrogens is 611 g/mol. The zero-order valence-corrected chi connectivity index (χ0v) is 27.5. The van der Waals surface area contributed by atoms with Crippen molar-refractivity contribution in [3.63, 3.8) is 0 Å². The van der Waals surface area contributed by atoms with Crippen molar-refractivity contribution in [3.8, 4) is 33.5 Å². The van der Waals surface area contributed by atoms with E-state index >= 15 is 0 Å². The minimum atomic E-state index is -0.126. The summed E-state index contributed by atoms with van der Waals surface area (Å²) < 4.78 is 6.87. The van der Waals surface area contributed by atoms with Gasteiger partial charge in [-0.05, 0) is 70.3 Å². The summed E-state index contributed by atoms with van der Waals surface area (Å²) in [5.74, 6) is 0. The Hall–Kier alpha value is -6.39. The van der Waals surface area contributed by atoms with E-state index in [-0.39, 0.29) is 5.41 Å². The van der Waals surface area contributed by atoms with Gasteiger partial charge in [-0.25, -0.2) is 4.98 Å². The lowest BCUT2D eigenvalue weighted by Crippen LogP contribution is -2.14. The number of hydrogen-bond donors (Lipinski definition) is 0. The van der Waals surface area contributed by atoms with Gasteiger partial charge in [0, 0.05) is 66.6 Å². The van der Waals surface area contributed by atoms with Crippen LogP contribution in [-0.2, 0) is 5.41 Å². The third kappa shape index (κ3) is 3.62. The molecule has 10 aromatic rings. The molecule has 0 unspecified atom stereocenters. The number of nitrogens with zero attached hydrogens (tertiary/aromatic N) is 3. The molecule has 0 atom stereocenters. The van der Waals surface area contributed by atoms with Gasteiger partial charge in [0.05, 0.1) is 22.2 Å². The third-order valence-corrected chi connectivity index (χ3v) is 10.9. The number of furan rings is 1. The molecule has 0 radical (unpaired) electrons. The van der Waals surface area contributed by atoms with Crippen LogP contribution in [0.5, 0.6) is 0 Å². The lowest BCUT2D eigenvalue weighted by Gasteiger charge is -2.22. The molecule has 6 aromatic carbocycles. The van der Waals surface area contributed by atoms with Crippen molar-refractivity contribution < 1.29 is 4.42 Å². The first-order valence-corrected chi connectivity index (χ1v) is 17.1. The van der Waals surface area contributed by atoms with E-state index in [0.717, 1.165) is 87.8 Å². The summed E-state index contributed by atoms with van der Waals surface area (Å²) >= 11 is 0. The lowest BCUT2D eigenvalue weighted by molar-refractivity contribution is 0.660. The predicted molar refractivity (Wildman–Crippen MR) is 206 cm³/mol. The topological polar surface area (TPSA) is 51.8 Å². The van der Waals surface area contributed by atoms with Crippen LogP contribution in [-0.4, -0.2) is 15.0 Å². The zero-order valence-electron chi connectivity index (χ0n) is 27.5. The van der Waals surface area contributed by atoms with Gasteiger partial charge in [0.25, 0.3) is 0 Å². The molecule has 0 saturated carbocycles. The van der Waals surface area contributed by atoms with Gasteiger partial charge in [-0.15, -0.1) is 0 Å². The maximum atomic E-state index is 6.87. The Labute approximate surface area is 287 Å². The first-order chi connectivity index (χ1) is 24.6. The fourth-order valence-electron chi connectivity index (χ4n) is 8.60. The minimum Gasteiger partial charge on any atom is -0.455 e. The summed E-state index contributed by atoms with van der Waals surface area (Å²) in [4.78, 5) is 15.0. The molecule has 0 bridgehead atoms. The van der Waals surface area contributed by atoms with Gasteiger partial charge in [0.15, 0.2) is 0 Å². The van der Waals surface area contributed by atoms with Gasteiger partial charge >= 0.3 is 0 Å². The summed E-state index contributed by atoms with van der Waals surface area (Å²) in [6.07, 6.45) is 3.68. The number of hydrogen-bond acceptors (Lipinski definition) is 4. The van der Waals surface area contributed by atoms with Gasteiger partial charge < -0.3 is 4.42 Å². The number of rotatable bonds is 2. The van der Waals surface area contributed by atoms with E-state index < -0.39 is 0 Å². The molecule has 4 heterocycles. The molecule has 1 aliphatic rings. The highest BCUT2D eigenvalue weighted by Gasteiger charge is 2.35. The maximum Gasteiger partial charge on any atom is 0.143 e. The highest BCUT2D eigenvalue weighted by atomic mass is 16.3. The highest BCUT2D eigenvalue weighted by Crippen LogP contribution is 2.51. The SMILES string of the molecule is CC1(C)c2ccccc2-c2ccc(-c3nc4ccccc4c4c3cc(-c3cc5cccnc5c5ncccc35)c3oc5ccccc5c34)cc21. The first-order valence-electron chi connectivity index (χ1n) is 17.1.